The monoisotopic (exact) mass is 378 g/mol. The fraction of sp³-hybridized carbons (Fsp3) is 0.0909. The van der Waals surface area contributed by atoms with Gasteiger partial charge in [0.2, 0.25) is 0 Å². The second-order valence-electron chi connectivity index (χ2n) is 3.86. The van der Waals surface area contributed by atoms with E-state index in [-0.39, 0.29) is 10.6 Å². The number of hydrogen-bond donors (Lipinski definition) is 1. The number of carbonyl (C=O) groups is 1. The van der Waals surface area contributed by atoms with Gasteiger partial charge in [-0.3, -0.25) is 4.79 Å². The Labute approximate surface area is 127 Å². The van der Waals surface area contributed by atoms with E-state index in [1.54, 1.807) is 6.92 Å². The molecule has 1 aromatic heterocycles. The predicted octanol–water partition coefficient (Wildman–Crippen LogP) is 2.93. The largest absolute Gasteiger partial charge is 0.361 e. The highest BCUT2D eigenvalue weighted by atomic mass is 79.9. The van der Waals surface area contributed by atoms with Crippen molar-refractivity contribution in [3.63, 3.8) is 0 Å². The summed E-state index contributed by atoms with van der Waals surface area (Å²) in [7, 11) is 1.41. The van der Waals surface area contributed by atoms with E-state index in [0.29, 0.717) is 15.9 Å². The molecule has 0 saturated carbocycles. The van der Waals surface area contributed by atoms with Gasteiger partial charge in [-0.25, -0.2) is 8.42 Å². The summed E-state index contributed by atoms with van der Waals surface area (Å²) in [5, 5.41) is 6.15. The minimum atomic E-state index is -3.82. The van der Waals surface area contributed by atoms with Gasteiger partial charge in [0.15, 0.2) is 5.69 Å². The van der Waals surface area contributed by atoms with E-state index < -0.39 is 15.0 Å². The average Bonchev–Trinajstić information content (AvgIpc) is 2.77. The number of rotatable bonds is 3. The van der Waals surface area contributed by atoms with Crippen LogP contribution in [0.15, 0.2) is 38.2 Å². The van der Waals surface area contributed by atoms with E-state index in [1.165, 1.54) is 24.3 Å². The molecule has 0 aliphatic heterocycles. The van der Waals surface area contributed by atoms with Gasteiger partial charge < -0.3 is 9.84 Å². The van der Waals surface area contributed by atoms with Gasteiger partial charge in [-0.2, -0.15) is 0 Å². The third-order valence-corrected chi connectivity index (χ3v) is 4.34. The molecule has 0 spiro atoms. The molecule has 0 aliphatic carbocycles. The molecule has 0 fully saturated rings. The number of anilines is 1. The summed E-state index contributed by atoms with van der Waals surface area (Å²) < 4.78 is 27.5. The van der Waals surface area contributed by atoms with Crippen LogP contribution in [0.5, 0.6) is 0 Å². The number of amides is 1. The van der Waals surface area contributed by atoms with Crippen LogP contribution >= 0.6 is 26.6 Å². The molecular formula is C11H8BrClN2O4S. The zero-order chi connectivity index (χ0) is 14.9. The first kappa shape index (κ1) is 15.0. The van der Waals surface area contributed by atoms with Gasteiger partial charge in [0.1, 0.15) is 5.76 Å². The molecule has 1 aromatic carbocycles. The van der Waals surface area contributed by atoms with E-state index in [9.17, 15) is 13.2 Å². The second kappa shape index (κ2) is 5.55. The van der Waals surface area contributed by atoms with Gasteiger partial charge in [-0.1, -0.05) is 5.16 Å². The van der Waals surface area contributed by atoms with Gasteiger partial charge in [0.25, 0.3) is 15.0 Å². The smallest absolute Gasteiger partial charge is 0.277 e. The third kappa shape index (κ3) is 3.38. The van der Waals surface area contributed by atoms with Crippen molar-refractivity contribution in [2.75, 3.05) is 5.32 Å². The SMILES string of the molecule is Cc1cc(C(=O)Nc2ccc(S(=O)(=O)Cl)cc2Br)no1. The molecule has 0 radical (unpaired) electrons. The molecule has 0 atom stereocenters. The van der Waals surface area contributed by atoms with Crippen molar-refractivity contribution in [3.05, 3.63) is 40.2 Å². The number of carbonyl (C=O) groups excluding carboxylic acids is 1. The van der Waals surface area contributed by atoms with Crippen LogP contribution in [0, 0.1) is 6.92 Å². The fourth-order valence-electron chi connectivity index (χ4n) is 1.41. The predicted molar refractivity (Wildman–Crippen MR) is 76.4 cm³/mol. The average molecular weight is 380 g/mol. The molecule has 0 saturated heterocycles. The molecule has 0 unspecified atom stereocenters. The number of halogens is 2. The summed E-state index contributed by atoms with van der Waals surface area (Å²) in [6, 6.07) is 5.49. The summed E-state index contributed by atoms with van der Waals surface area (Å²) in [6.07, 6.45) is 0. The van der Waals surface area contributed by atoms with Crippen LogP contribution in [0.1, 0.15) is 16.2 Å². The van der Waals surface area contributed by atoms with Crippen molar-refractivity contribution in [1.29, 1.82) is 0 Å². The lowest BCUT2D eigenvalue weighted by Gasteiger charge is -2.06. The van der Waals surface area contributed by atoms with Crippen LogP contribution in [-0.2, 0) is 9.05 Å². The van der Waals surface area contributed by atoms with Crippen molar-refractivity contribution in [3.8, 4) is 0 Å². The highest BCUT2D eigenvalue weighted by molar-refractivity contribution is 9.10. The summed E-state index contributed by atoms with van der Waals surface area (Å²) in [4.78, 5) is 11.8. The van der Waals surface area contributed by atoms with Crippen LogP contribution in [-0.4, -0.2) is 19.5 Å². The summed E-state index contributed by atoms with van der Waals surface area (Å²) in [6.45, 7) is 1.67. The molecule has 9 heteroatoms. The van der Waals surface area contributed by atoms with Gasteiger partial charge in [0.05, 0.1) is 10.6 Å². The van der Waals surface area contributed by atoms with Crippen molar-refractivity contribution < 1.29 is 17.7 Å². The maximum atomic E-state index is 11.9. The van der Waals surface area contributed by atoms with E-state index in [4.69, 9.17) is 15.2 Å². The minimum absolute atomic E-state index is 0.0682. The Morgan fingerprint density at radius 3 is 2.60 bits per heavy atom. The molecule has 106 valence electrons. The van der Waals surface area contributed by atoms with Crippen LogP contribution in [0.25, 0.3) is 0 Å². The number of benzene rings is 1. The zero-order valence-electron chi connectivity index (χ0n) is 10.1. The van der Waals surface area contributed by atoms with Gasteiger partial charge in [-0.05, 0) is 41.1 Å². The Balaban J connectivity index is 2.25. The molecule has 2 rings (SSSR count). The molecule has 1 heterocycles. The summed E-state index contributed by atoms with van der Waals surface area (Å²) >= 11 is 3.16. The van der Waals surface area contributed by atoms with E-state index >= 15 is 0 Å². The van der Waals surface area contributed by atoms with E-state index in [0.717, 1.165) is 0 Å². The van der Waals surface area contributed by atoms with E-state index in [1.807, 2.05) is 0 Å². The normalized spacial score (nSPS) is 11.3. The lowest BCUT2D eigenvalue weighted by Crippen LogP contribution is -2.12. The number of nitrogens with zero attached hydrogens (tertiary/aromatic N) is 1. The maximum Gasteiger partial charge on any atom is 0.277 e. The number of hydrogen-bond acceptors (Lipinski definition) is 5. The summed E-state index contributed by atoms with van der Waals surface area (Å²) in [5.74, 6) is 0.0434. The van der Waals surface area contributed by atoms with Crippen LogP contribution in [0.2, 0.25) is 0 Å². The molecular weight excluding hydrogens is 372 g/mol. The van der Waals surface area contributed by atoms with Crippen molar-refractivity contribution in [2.45, 2.75) is 11.8 Å². The molecule has 0 aliphatic rings. The van der Waals surface area contributed by atoms with Gasteiger partial charge >= 0.3 is 0 Å². The topological polar surface area (TPSA) is 89.3 Å². The Hall–Kier alpha value is -1.38. The first-order valence-corrected chi connectivity index (χ1v) is 8.36. The zero-order valence-corrected chi connectivity index (χ0v) is 13.2. The van der Waals surface area contributed by atoms with Crippen LogP contribution in [0.3, 0.4) is 0 Å². The second-order valence-corrected chi connectivity index (χ2v) is 7.28. The Bertz CT molecular complexity index is 772. The number of nitrogens with one attached hydrogen (secondary N) is 1. The van der Waals surface area contributed by atoms with Crippen LogP contribution in [0.4, 0.5) is 5.69 Å². The standard InChI is InChI=1S/C11H8BrClN2O4S/c1-6-4-10(15-19-6)11(16)14-9-3-2-7(5-8(9)12)20(13,17)18/h2-5H,1H3,(H,14,16). The number of aromatic nitrogens is 1. The Morgan fingerprint density at radius 1 is 1.40 bits per heavy atom. The summed E-state index contributed by atoms with van der Waals surface area (Å²) in [5.41, 5.74) is 0.517. The quantitative estimate of drug-likeness (QED) is 0.828. The molecule has 0 bridgehead atoms. The third-order valence-electron chi connectivity index (χ3n) is 2.33. The molecule has 1 N–H and O–H groups in total. The van der Waals surface area contributed by atoms with Gasteiger partial charge in [-0.15, -0.1) is 0 Å². The fourth-order valence-corrected chi connectivity index (χ4v) is 2.82. The van der Waals surface area contributed by atoms with Gasteiger partial charge in [0, 0.05) is 21.2 Å². The van der Waals surface area contributed by atoms with Crippen molar-refractivity contribution in [1.82, 2.24) is 5.16 Å². The van der Waals surface area contributed by atoms with Crippen LogP contribution < -0.4 is 5.32 Å². The lowest BCUT2D eigenvalue weighted by molar-refractivity contribution is 0.101. The molecule has 20 heavy (non-hydrogen) atoms. The Kier molecular flexibility index (Phi) is 4.17. The highest BCUT2D eigenvalue weighted by Gasteiger charge is 2.15. The first-order chi connectivity index (χ1) is 9.27. The molecule has 1 amide bonds. The lowest BCUT2D eigenvalue weighted by atomic mass is 10.3. The molecule has 2 aromatic rings. The first-order valence-electron chi connectivity index (χ1n) is 5.26. The van der Waals surface area contributed by atoms with E-state index in [2.05, 4.69) is 26.4 Å². The number of aryl methyl sites for hydroxylation is 1. The maximum absolute atomic E-state index is 11.9. The Morgan fingerprint density at radius 2 is 2.10 bits per heavy atom. The minimum Gasteiger partial charge on any atom is -0.361 e. The van der Waals surface area contributed by atoms with Crippen molar-refractivity contribution >= 4 is 47.3 Å². The van der Waals surface area contributed by atoms with Crippen molar-refractivity contribution in [2.24, 2.45) is 0 Å². The highest BCUT2D eigenvalue weighted by Crippen LogP contribution is 2.27. The molecule has 6 nitrogen and oxygen atoms in total.